The molecule has 0 N–H and O–H groups in total. The van der Waals surface area contributed by atoms with Crippen molar-refractivity contribution in [3.8, 4) is 0 Å². The van der Waals surface area contributed by atoms with Crippen molar-refractivity contribution >= 4 is 23.5 Å². The summed E-state index contributed by atoms with van der Waals surface area (Å²) < 4.78 is 12.0. The second kappa shape index (κ2) is 6.06. The first-order chi connectivity index (χ1) is 11.0. The molecule has 0 aliphatic heterocycles. The zero-order chi connectivity index (χ0) is 18.1. The Kier molecular flexibility index (Phi) is 4.46. The molecule has 2 amide bonds. The van der Waals surface area contributed by atoms with Crippen molar-refractivity contribution in [3.05, 3.63) is 18.3 Å². The number of nitrogens with zero attached hydrogens (tertiary/aromatic N) is 5. The second-order valence-electron chi connectivity index (χ2n) is 7.16. The third-order valence-corrected chi connectivity index (χ3v) is 2.59. The number of hydrogen-bond acceptors (Lipinski definition) is 7. The molecule has 2 heterocycles. The molecule has 0 aliphatic rings. The fourth-order valence-corrected chi connectivity index (χ4v) is 1.77. The van der Waals surface area contributed by atoms with Gasteiger partial charge in [-0.2, -0.15) is 4.90 Å². The first-order valence-corrected chi connectivity index (χ1v) is 7.40. The fourth-order valence-electron chi connectivity index (χ4n) is 1.77. The van der Waals surface area contributed by atoms with Gasteiger partial charge in [-0.15, -0.1) is 5.10 Å². The molecule has 0 saturated carbocycles. The number of pyridine rings is 1. The summed E-state index contributed by atoms with van der Waals surface area (Å²) in [5.74, 6) is 0. The smallest absolute Gasteiger partial charge is 0.424 e. The first-order valence-electron chi connectivity index (χ1n) is 7.40. The standard InChI is InChI=1S/C15H21N5O4/c1-14(2,3)23-12(21)20(13(22)24-15(4,5)6)10-7-8-19-11(9-10)16-17-18-19/h7-9H,1-6H3. The van der Waals surface area contributed by atoms with Crippen LogP contribution < -0.4 is 4.90 Å². The number of imide groups is 1. The highest BCUT2D eigenvalue weighted by atomic mass is 16.6. The van der Waals surface area contributed by atoms with Crippen LogP contribution in [0.2, 0.25) is 0 Å². The lowest BCUT2D eigenvalue weighted by Gasteiger charge is -2.28. The van der Waals surface area contributed by atoms with Gasteiger partial charge in [0, 0.05) is 12.3 Å². The van der Waals surface area contributed by atoms with Crippen LogP contribution in [0.3, 0.4) is 0 Å². The predicted molar refractivity (Wildman–Crippen MR) is 85.7 cm³/mol. The van der Waals surface area contributed by atoms with Gasteiger partial charge in [0.25, 0.3) is 0 Å². The van der Waals surface area contributed by atoms with Gasteiger partial charge in [0.2, 0.25) is 0 Å². The minimum Gasteiger partial charge on any atom is -0.443 e. The van der Waals surface area contributed by atoms with Crippen molar-refractivity contribution in [1.29, 1.82) is 0 Å². The molecule has 9 heteroatoms. The number of carbonyl (C=O) groups excluding carboxylic acids is 2. The molecule has 24 heavy (non-hydrogen) atoms. The molecule has 0 unspecified atom stereocenters. The van der Waals surface area contributed by atoms with Crippen LogP contribution in [-0.2, 0) is 9.47 Å². The van der Waals surface area contributed by atoms with Crippen molar-refractivity contribution in [1.82, 2.24) is 20.0 Å². The highest BCUT2D eigenvalue weighted by molar-refractivity contribution is 6.09. The van der Waals surface area contributed by atoms with E-state index in [2.05, 4.69) is 15.5 Å². The number of ether oxygens (including phenoxy) is 2. The summed E-state index contributed by atoms with van der Waals surface area (Å²) in [6.07, 6.45) is -0.144. The quantitative estimate of drug-likeness (QED) is 0.790. The SMILES string of the molecule is CC(C)(C)OC(=O)N(C(=O)OC(C)(C)C)c1ccn2nnnc2c1. The molecule has 9 nitrogen and oxygen atoms in total. The summed E-state index contributed by atoms with van der Waals surface area (Å²) in [6, 6.07) is 3.02. The van der Waals surface area contributed by atoms with E-state index in [0.717, 1.165) is 4.90 Å². The van der Waals surface area contributed by atoms with Gasteiger partial charge < -0.3 is 9.47 Å². The number of tetrazole rings is 1. The number of aromatic nitrogens is 4. The monoisotopic (exact) mass is 335 g/mol. The molecule has 0 spiro atoms. The Morgan fingerprint density at radius 1 is 1.04 bits per heavy atom. The van der Waals surface area contributed by atoms with Gasteiger partial charge >= 0.3 is 12.2 Å². The molecular weight excluding hydrogens is 314 g/mol. The maximum Gasteiger partial charge on any atom is 0.424 e. The molecule has 0 atom stereocenters. The van der Waals surface area contributed by atoms with Gasteiger partial charge in [-0.05, 0) is 58.0 Å². The van der Waals surface area contributed by atoms with Crippen LogP contribution in [0.15, 0.2) is 18.3 Å². The Labute approximate surface area is 139 Å². The molecule has 2 aromatic rings. The minimum absolute atomic E-state index is 0.251. The van der Waals surface area contributed by atoms with E-state index in [-0.39, 0.29) is 5.69 Å². The van der Waals surface area contributed by atoms with E-state index in [4.69, 9.17) is 9.47 Å². The predicted octanol–water partition coefficient (Wildman–Crippen LogP) is 2.80. The molecule has 0 aromatic carbocycles. The summed E-state index contributed by atoms with van der Waals surface area (Å²) in [7, 11) is 0. The summed E-state index contributed by atoms with van der Waals surface area (Å²) in [5.41, 5.74) is -0.902. The Morgan fingerprint density at radius 3 is 2.08 bits per heavy atom. The van der Waals surface area contributed by atoms with Crippen molar-refractivity contribution in [2.24, 2.45) is 0 Å². The maximum absolute atomic E-state index is 12.5. The van der Waals surface area contributed by atoms with Gasteiger partial charge in [0.15, 0.2) is 5.65 Å². The van der Waals surface area contributed by atoms with Crippen molar-refractivity contribution < 1.29 is 19.1 Å². The van der Waals surface area contributed by atoms with Crippen molar-refractivity contribution in [2.45, 2.75) is 52.7 Å². The number of amides is 2. The van der Waals surface area contributed by atoms with E-state index in [1.165, 1.54) is 22.8 Å². The van der Waals surface area contributed by atoms with Gasteiger partial charge in [-0.25, -0.2) is 14.1 Å². The van der Waals surface area contributed by atoms with Crippen molar-refractivity contribution in [2.75, 3.05) is 4.90 Å². The van der Waals surface area contributed by atoms with E-state index in [1.807, 2.05) is 0 Å². The lowest BCUT2D eigenvalue weighted by Crippen LogP contribution is -2.43. The van der Waals surface area contributed by atoms with Crippen LogP contribution in [0.1, 0.15) is 41.5 Å². The van der Waals surface area contributed by atoms with E-state index in [9.17, 15) is 9.59 Å². The molecule has 2 rings (SSSR count). The zero-order valence-corrected chi connectivity index (χ0v) is 14.6. The van der Waals surface area contributed by atoms with Crippen LogP contribution >= 0.6 is 0 Å². The average molecular weight is 335 g/mol. The van der Waals surface area contributed by atoms with Crippen LogP contribution in [0.4, 0.5) is 15.3 Å². The molecule has 0 aliphatic carbocycles. The zero-order valence-electron chi connectivity index (χ0n) is 14.6. The third-order valence-electron chi connectivity index (χ3n) is 2.59. The normalized spacial score (nSPS) is 12.1. The molecule has 0 fully saturated rings. The third kappa shape index (κ3) is 4.40. The Balaban J connectivity index is 2.40. The highest BCUT2D eigenvalue weighted by Gasteiger charge is 2.32. The Hall–Kier alpha value is -2.71. The number of carbonyl (C=O) groups is 2. The van der Waals surface area contributed by atoms with Crippen LogP contribution in [-0.4, -0.2) is 43.4 Å². The summed E-state index contributed by atoms with van der Waals surface area (Å²) in [5, 5.41) is 11.1. The summed E-state index contributed by atoms with van der Waals surface area (Å²) >= 11 is 0. The lowest BCUT2D eigenvalue weighted by atomic mass is 10.2. The largest absolute Gasteiger partial charge is 0.443 e. The van der Waals surface area contributed by atoms with E-state index in [1.54, 1.807) is 41.5 Å². The van der Waals surface area contributed by atoms with Gasteiger partial charge in [0.1, 0.15) is 11.2 Å². The molecule has 0 bridgehead atoms. The van der Waals surface area contributed by atoms with E-state index in [0.29, 0.717) is 5.65 Å². The maximum atomic E-state index is 12.5. The highest BCUT2D eigenvalue weighted by Crippen LogP contribution is 2.22. The first kappa shape index (κ1) is 17.6. The van der Waals surface area contributed by atoms with Crippen LogP contribution in [0.25, 0.3) is 5.65 Å². The number of anilines is 1. The molecule has 0 saturated heterocycles. The van der Waals surface area contributed by atoms with Crippen molar-refractivity contribution in [3.63, 3.8) is 0 Å². The Morgan fingerprint density at radius 2 is 1.58 bits per heavy atom. The van der Waals surface area contributed by atoms with E-state index < -0.39 is 23.4 Å². The van der Waals surface area contributed by atoms with Gasteiger partial charge in [0.05, 0.1) is 5.69 Å². The number of rotatable bonds is 1. The van der Waals surface area contributed by atoms with E-state index >= 15 is 0 Å². The molecular formula is C15H21N5O4. The Bertz CT molecular complexity index is 729. The van der Waals surface area contributed by atoms with Crippen LogP contribution in [0.5, 0.6) is 0 Å². The lowest BCUT2D eigenvalue weighted by molar-refractivity contribution is 0.0431. The fraction of sp³-hybridized carbons (Fsp3) is 0.533. The van der Waals surface area contributed by atoms with Crippen LogP contribution in [0, 0.1) is 0 Å². The molecule has 130 valence electrons. The second-order valence-corrected chi connectivity index (χ2v) is 7.16. The topological polar surface area (TPSA) is 98.9 Å². The summed E-state index contributed by atoms with van der Waals surface area (Å²) in [6.45, 7) is 10.3. The summed E-state index contributed by atoms with van der Waals surface area (Å²) in [4.78, 5) is 25.8. The van der Waals surface area contributed by atoms with Gasteiger partial charge in [-0.3, -0.25) is 0 Å². The molecule has 2 aromatic heterocycles. The molecule has 0 radical (unpaired) electrons. The average Bonchev–Trinajstić information content (AvgIpc) is 2.81. The number of fused-ring (bicyclic) bond motifs is 1. The van der Waals surface area contributed by atoms with Gasteiger partial charge in [-0.1, -0.05) is 0 Å². The number of hydrogen-bond donors (Lipinski definition) is 0. The minimum atomic E-state index is -0.839.